The van der Waals surface area contributed by atoms with Crippen LogP contribution in [0.2, 0.25) is 0 Å². The third-order valence-corrected chi connectivity index (χ3v) is 5.13. The molecule has 0 spiro atoms. The van der Waals surface area contributed by atoms with Crippen LogP contribution < -0.4 is 15.5 Å². The topological polar surface area (TPSA) is 88.2 Å². The predicted molar refractivity (Wildman–Crippen MR) is 118 cm³/mol. The Bertz CT molecular complexity index is 1370. The van der Waals surface area contributed by atoms with Gasteiger partial charge in [-0.25, -0.2) is 8.42 Å². The summed E-state index contributed by atoms with van der Waals surface area (Å²) in [5.74, 6) is 0. The van der Waals surface area contributed by atoms with E-state index in [-0.39, 0.29) is 5.43 Å². The molecule has 0 aliphatic rings. The second-order valence-electron chi connectivity index (χ2n) is 6.83. The summed E-state index contributed by atoms with van der Waals surface area (Å²) in [6.45, 7) is 0.615. The van der Waals surface area contributed by atoms with Crippen LogP contribution >= 0.6 is 0 Å². The Hall–Kier alpha value is -3.45. The van der Waals surface area contributed by atoms with Crippen molar-refractivity contribution in [3.63, 3.8) is 0 Å². The summed E-state index contributed by atoms with van der Waals surface area (Å²) in [6.07, 6.45) is 2.77. The van der Waals surface area contributed by atoms with Crippen molar-refractivity contribution in [2.24, 2.45) is 0 Å². The van der Waals surface area contributed by atoms with Gasteiger partial charge in [0.1, 0.15) is 0 Å². The van der Waals surface area contributed by atoms with Crippen molar-refractivity contribution in [1.29, 1.82) is 0 Å². The fraction of sp³-hybridized carbons (Fsp3) is 0.0909. The van der Waals surface area contributed by atoms with Crippen LogP contribution in [-0.4, -0.2) is 19.7 Å². The first-order valence-corrected chi connectivity index (χ1v) is 10.9. The van der Waals surface area contributed by atoms with Gasteiger partial charge in [0.05, 0.1) is 29.0 Å². The van der Waals surface area contributed by atoms with Crippen LogP contribution in [0.15, 0.2) is 77.7 Å². The van der Waals surface area contributed by atoms with E-state index >= 15 is 0 Å². The number of anilines is 2. The van der Waals surface area contributed by atoms with Crippen LogP contribution in [0, 0.1) is 0 Å². The Balaban J connectivity index is 1.78. The van der Waals surface area contributed by atoms with Gasteiger partial charge in [-0.3, -0.25) is 14.5 Å². The summed E-state index contributed by atoms with van der Waals surface area (Å²) in [5, 5.41) is 4.90. The zero-order valence-electron chi connectivity index (χ0n) is 15.7. The molecule has 0 aliphatic carbocycles. The van der Waals surface area contributed by atoms with Gasteiger partial charge >= 0.3 is 0 Å². The minimum atomic E-state index is -3.43. The van der Waals surface area contributed by atoms with Crippen molar-refractivity contribution in [3.8, 4) is 0 Å². The largest absolute Gasteiger partial charge is 0.380 e. The number of hydrogen-bond acceptors (Lipinski definition) is 5. The molecule has 0 saturated carbocycles. The second kappa shape index (κ2) is 7.52. The maximum atomic E-state index is 13.2. The van der Waals surface area contributed by atoms with E-state index in [0.29, 0.717) is 33.9 Å². The molecule has 7 heteroatoms. The van der Waals surface area contributed by atoms with E-state index < -0.39 is 10.0 Å². The Morgan fingerprint density at radius 2 is 1.62 bits per heavy atom. The number of fused-ring (bicyclic) bond motifs is 2. The molecule has 0 radical (unpaired) electrons. The highest BCUT2D eigenvalue weighted by atomic mass is 32.2. The number of nitrogens with one attached hydrogen (secondary N) is 2. The fourth-order valence-corrected chi connectivity index (χ4v) is 3.73. The maximum Gasteiger partial charge on any atom is 0.229 e. The molecule has 6 nitrogen and oxygen atoms in total. The molecule has 0 amide bonds. The lowest BCUT2D eigenvalue weighted by Crippen LogP contribution is -2.10. The van der Waals surface area contributed by atoms with Crippen LogP contribution in [0.4, 0.5) is 11.4 Å². The van der Waals surface area contributed by atoms with Gasteiger partial charge in [-0.1, -0.05) is 42.5 Å². The minimum absolute atomic E-state index is 0.201. The molecule has 1 aromatic heterocycles. The smallest absolute Gasteiger partial charge is 0.229 e. The lowest BCUT2D eigenvalue weighted by Gasteiger charge is -2.06. The molecule has 146 valence electrons. The zero-order chi connectivity index (χ0) is 20.4. The van der Waals surface area contributed by atoms with E-state index in [0.717, 1.165) is 17.5 Å². The van der Waals surface area contributed by atoms with Crippen molar-refractivity contribution in [2.45, 2.75) is 6.54 Å². The first-order chi connectivity index (χ1) is 13.9. The van der Waals surface area contributed by atoms with Gasteiger partial charge < -0.3 is 5.32 Å². The Morgan fingerprint density at radius 3 is 2.38 bits per heavy atom. The monoisotopic (exact) mass is 405 g/mol. The quantitative estimate of drug-likeness (QED) is 0.528. The van der Waals surface area contributed by atoms with Crippen LogP contribution in [0.1, 0.15) is 5.56 Å². The molecular formula is C22H19N3O3S. The van der Waals surface area contributed by atoms with Crippen LogP contribution in [-0.2, 0) is 16.6 Å². The van der Waals surface area contributed by atoms with Crippen molar-refractivity contribution in [2.75, 3.05) is 16.3 Å². The molecule has 0 fully saturated rings. The van der Waals surface area contributed by atoms with Gasteiger partial charge in [-0.05, 0) is 35.2 Å². The molecule has 0 bridgehead atoms. The summed E-state index contributed by atoms with van der Waals surface area (Å²) in [7, 11) is -3.43. The lowest BCUT2D eigenvalue weighted by molar-refractivity contribution is 0.607. The minimum Gasteiger partial charge on any atom is -0.380 e. The van der Waals surface area contributed by atoms with Gasteiger partial charge in [0.25, 0.3) is 0 Å². The van der Waals surface area contributed by atoms with Crippen molar-refractivity contribution >= 4 is 43.1 Å². The van der Waals surface area contributed by atoms with E-state index in [1.165, 1.54) is 0 Å². The standard InChI is InChI=1S/C22H19N3O3S/c1-29(27,28)25-17-9-7-16-8-10-21-20(22(26)19(16)11-17)12-18(14-24-21)23-13-15-5-3-2-4-6-15/h2-12,14,23,25H,13H2,1H3. The molecule has 4 aromatic rings. The molecule has 3 aromatic carbocycles. The number of sulfonamides is 1. The Labute approximate surface area is 168 Å². The summed E-state index contributed by atoms with van der Waals surface area (Å²) in [6, 6.07) is 20.2. The molecule has 4 rings (SSSR count). The van der Waals surface area contributed by atoms with Gasteiger partial charge in [-0.2, -0.15) is 0 Å². The molecule has 0 unspecified atom stereocenters. The number of benzene rings is 2. The Kier molecular flexibility index (Phi) is 4.90. The molecule has 29 heavy (non-hydrogen) atoms. The van der Waals surface area contributed by atoms with Gasteiger partial charge in [0.2, 0.25) is 10.0 Å². The first-order valence-electron chi connectivity index (χ1n) is 9.01. The number of hydrogen-bond donors (Lipinski definition) is 2. The van der Waals surface area contributed by atoms with Crippen LogP contribution in [0.5, 0.6) is 0 Å². The summed E-state index contributed by atoms with van der Waals surface area (Å²) in [4.78, 5) is 17.6. The second-order valence-corrected chi connectivity index (χ2v) is 8.58. The third kappa shape index (κ3) is 4.35. The summed E-state index contributed by atoms with van der Waals surface area (Å²) < 4.78 is 25.5. The SMILES string of the molecule is CS(=O)(=O)Nc1ccc2ccc3ncc(NCc4ccccc4)cc3c(=O)c2c1. The van der Waals surface area contributed by atoms with E-state index in [1.807, 2.05) is 36.4 Å². The average Bonchev–Trinajstić information content (AvgIpc) is 2.83. The molecule has 2 N–H and O–H groups in total. The maximum absolute atomic E-state index is 13.2. The van der Waals surface area contributed by atoms with Crippen LogP contribution in [0.25, 0.3) is 21.7 Å². The molecule has 0 atom stereocenters. The predicted octanol–water partition coefficient (Wildman–Crippen LogP) is 3.73. The van der Waals surface area contributed by atoms with E-state index in [2.05, 4.69) is 15.0 Å². The number of aromatic nitrogens is 1. The molecular weight excluding hydrogens is 386 g/mol. The zero-order valence-corrected chi connectivity index (χ0v) is 16.5. The average molecular weight is 405 g/mol. The third-order valence-electron chi connectivity index (χ3n) is 4.52. The normalized spacial score (nSPS) is 11.5. The van der Waals surface area contributed by atoms with Gasteiger partial charge in [0.15, 0.2) is 5.43 Å². The highest BCUT2D eigenvalue weighted by Gasteiger charge is 2.08. The number of pyridine rings is 1. The summed E-state index contributed by atoms with van der Waals surface area (Å²) in [5.41, 5.74) is 2.59. The number of rotatable bonds is 5. The van der Waals surface area contributed by atoms with E-state index in [4.69, 9.17) is 0 Å². The van der Waals surface area contributed by atoms with Crippen molar-refractivity contribution in [1.82, 2.24) is 4.98 Å². The highest BCUT2D eigenvalue weighted by Crippen LogP contribution is 2.21. The molecule has 1 heterocycles. The van der Waals surface area contributed by atoms with Crippen molar-refractivity contribution in [3.05, 3.63) is 88.7 Å². The Morgan fingerprint density at radius 1 is 0.897 bits per heavy atom. The van der Waals surface area contributed by atoms with Crippen LogP contribution in [0.3, 0.4) is 0 Å². The lowest BCUT2D eigenvalue weighted by atomic mass is 10.1. The van der Waals surface area contributed by atoms with Gasteiger partial charge in [-0.15, -0.1) is 0 Å². The number of nitrogens with zero attached hydrogens (tertiary/aromatic N) is 1. The first kappa shape index (κ1) is 18.9. The highest BCUT2D eigenvalue weighted by molar-refractivity contribution is 7.92. The molecule has 0 aliphatic heterocycles. The molecule has 0 saturated heterocycles. The fourth-order valence-electron chi connectivity index (χ4n) is 3.18. The summed E-state index contributed by atoms with van der Waals surface area (Å²) >= 11 is 0. The van der Waals surface area contributed by atoms with Gasteiger partial charge in [0, 0.05) is 17.6 Å². The van der Waals surface area contributed by atoms with E-state index in [1.54, 1.807) is 36.5 Å². The van der Waals surface area contributed by atoms with Crippen molar-refractivity contribution < 1.29 is 8.42 Å². The van der Waals surface area contributed by atoms with E-state index in [9.17, 15) is 13.2 Å².